The minimum Gasteiger partial charge on any atom is -0.492 e. The molecule has 2 N–H and O–H groups in total. The first-order valence-corrected chi connectivity index (χ1v) is 9.51. The first-order valence-electron chi connectivity index (χ1n) is 8.76. The van der Waals surface area contributed by atoms with Gasteiger partial charge in [-0.3, -0.25) is 4.79 Å². The Labute approximate surface area is 173 Å². The highest BCUT2D eigenvalue weighted by molar-refractivity contribution is 6.40. The Morgan fingerprint density at radius 3 is 2.43 bits per heavy atom. The topological polar surface area (TPSA) is 58.6 Å². The zero-order chi connectivity index (χ0) is 19.9. The Balaban J connectivity index is 1.77. The highest BCUT2D eigenvalue weighted by Crippen LogP contribution is 2.40. The standard InChI is InChI=1S/C22H19Cl2NO3/c23-17-10-11-19(28-13-12-15-6-2-1-3-7-15)21(24)22(17)25-18-9-5-4-8-16(18)14-20(26)27/h1-11,25H,12-14H2,(H,26,27). The van der Waals surface area contributed by atoms with Gasteiger partial charge in [0.15, 0.2) is 0 Å². The Morgan fingerprint density at radius 1 is 0.964 bits per heavy atom. The van der Waals surface area contributed by atoms with Crippen molar-refractivity contribution in [3.05, 3.63) is 87.9 Å². The third-order valence-corrected chi connectivity index (χ3v) is 4.86. The fourth-order valence-electron chi connectivity index (χ4n) is 2.78. The highest BCUT2D eigenvalue weighted by Gasteiger charge is 2.14. The molecule has 3 aromatic rings. The molecule has 0 aliphatic rings. The maximum Gasteiger partial charge on any atom is 0.307 e. The van der Waals surface area contributed by atoms with E-state index in [2.05, 4.69) is 5.32 Å². The number of carboxylic acids is 1. The summed E-state index contributed by atoms with van der Waals surface area (Å²) < 4.78 is 5.84. The second-order valence-electron chi connectivity index (χ2n) is 6.17. The number of anilines is 2. The van der Waals surface area contributed by atoms with Gasteiger partial charge in [-0.1, -0.05) is 71.7 Å². The van der Waals surface area contributed by atoms with Gasteiger partial charge in [0.25, 0.3) is 0 Å². The Hall–Kier alpha value is -2.69. The number of nitrogens with one attached hydrogen (secondary N) is 1. The normalized spacial score (nSPS) is 10.5. The van der Waals surface area contributed by atoms with E-state index in [4.69, 9.17) is 33.0 Å². The fourth-order valence-corrected chi connectivity index (χ4v) is 3.30. The summed E-state index contributed by atoms with van der Waals surface area (Å²) in [6.45, 7) is 0.473. The van der Waals surface area contributed by atoms with Gasteiger partial charge < -0.3 is 15.2 Å². The van der Waals surface area contributed by atoms with Gasteiger partial charge in [0.2, 0.25) is 0 Å². The van der Waals surface area contributed by atoms with Gasteiger partial charge in [0.05, 0.1) is 23.7 Å². The van der Waals surface area contributed by atoms with E-state index in [0.717, 1.165) is 6.42 Å². The van der Waals surface area contributed by atoms with Crippen molar-refractivity contribution in [2.75, 3.05) is 11.9 Å². The Morgan fingerprint density at radius 2 is 1.68 bits per heavy atom. The summed E-state index contributed by atoms with van der Waals surface area (Å²) in [6, 6.07) is 20.6. The molecule has 3 aromatic carbocycles. The largest absolute Gasteiger partial charge is 0.492 e. The molecule has 0 aromatic heterocycles. The Kier molecular flexibility index (Phi) is 6.80. The summed E-state index contributed by atoms with van der Waals surface area (Å²) in [5.41, 5.74) is 2.93. The van der Waals surface area contributed by atoms with Crippen LogP contribution in [0.2, 0.25) is 10.0 Å². The van der Waals surface area contributed by atoms with Crippen molar-refractivity contribution < 1.29 is 14.6 Å². The number of para-hydroxylation sites is 1. The number of carboxylic acid groups (broad SMARTS) is 1. The number of carbonyl (C=O) groups is 1. The van der Waals surface area contributed by atoms with Crippen LogP contribution >= 0.6 is 23.2 Å². The number of hydrogen-bond donors (Lipinski definition) is 2. The van der Waals surface area contributed by atoms with E-state index in [9.17, 15) is 4.79 Å². The molecule has 0 fully saturated rings. The second kappa shape index (κ2) is 9.49. The molecule has 0 atom stereocenters. The lowest BCUT2D eigenvalue weighted by molar-refractivity contribution is -0.136. The minimum atomic E-state index is -0.913. The van der Waals surface area contributed by atoms with E-state index in [1.54, 1.807) is 30.3 Å². The van der Waals surface area contributed by atoms with Crippen LogP contribution in [0.25, 0.3) is 0 Å². The van der Waals surface area contributed by atoms with Crippen LogP contribution in [0.3, 0.4) is 0 Å². The zero-order valence-electron chi connectivity index (χ0n) is 15.0. The predicted octanol–water partition coefficient (Wildman–Crippen LogP) is 5.99. The average Bonchev–Trinajstić information content (AvgIpc) is 2.68. The van der Waals surface area contributed by atoms with Crippen molar-refractivity contribution in [3.63, 3.8) is 0 Å². The van der Waals surface area contributed by atoms with Crippen LogP contribution in [-0.4, -0.2) is 17.7 Å². The molecule has 0 amide bonds. The number of rotatable bonds is 8. The van der Waals surface area contributed by atoms with Gasteiger partial charge in [0, 0.05) is 12.1 Å². The van der Waals surface area contributed by atoms with Crippen LogP contribution in [0, 0.1) is 0 Å². The molecule has 0 aliphatic heterocycles. The maximum absolute atomic E-state index is 11.1. The summed E-state index contributed by atoms with van der Waals surface area (Å²) in [5, 5.41) is 13.0. The molecule has 3 rings (SSSR count). The summed E-state index contributed by atoms with van der Waals surface area (Å²) in [4.78, 5) is 11.1. The number of benzene rings is 3. The molecule has 0 aliphatic carbocycles. The molecule has 0 saturated carbocycles. The van der Waals surface area contributed by atoms with E-state index < -0.39 is 5.97 Å². The molecule has 0 heterocycles. The summed E-state index contributed by atoms with van der Waals surface area (Å²) in [7, 11) is 0. The lowest BCUT2D eigenvalue weighted by Gasteiger charge is -2.16. The number of halogens is 2. The molecular weight excluding hydrogens is 397 g/mol. The molecule has 28 heavy (non-hydrogen) atoms. The van der Waals surface area contributed by atoms with Crippen LogP contribution in [-0.2, 0) is 17.6 Å². The average molecular weight is 416 g/mol. The number of ether oxygens (including phenoxy) is 1. The molecule has 6 heteroatoms. The first-order chi connectivity index (χ1) is 13.5. The predicted molar refractivity (Wildman–Crippen MR) is 113 cm³/mol. The van der Waals surface area contributed by atoms with E-state index >= 15 is 0 Å². The number of aliphatic carboxylic acids is 1. The molecule has 0 spiro atoms. The summed E-state index contributed by atoms with van der Waals surface area (Å²) >= 11 is 12.8. The van der Waals surface area contributed by atoms with Gasteiger partial charge in [0.1, 0.15) is 10.8 Å². The maximum atomic E-state index is 11.1. The third kappa shape index (κ3) is 5.18. The van der Waals surface area contributed by atoms with E-state index in [1.165, 1.54) is 5.56 Å². The van der Waals surface area contributed by atoms with Gasteiger partial charge in [-0.05, 0) is 29.3 Å². The molecule has 4 nitrogen and oxygen atoms in total. The van der Waals surface area contributed by atoms with Crippen LogP contribution in [0.1, 0.15) is 11.1 Å². The molecule has 0 unspecified atom stereocenters. The molecule has 0 saturated heterocycles. The SMILES string of the molecule is O=C(O)Cc1ccccc1Nc1c(Cl)ccc(OCCc2ccccc2)c1Cl. The van der Waals surface area contributed by atoms with Gasteiger partial charge in [-0.25, -0.2) is 0 Å². The van der Waals surface area contributed by atoms with Gasteiger partial charge in [-0.15, -0.1) is 0 Å². The van der Waals surface area contributed by atoms with Crippen molar-refractivity contribution in [1.82, 2.24) is 0 Å². The lowest BCUT2D eigenvalue weighted by Crippen LogP contribution is -2.05. The number of hydrogen-bond acceptors (Lipinski definition) is 3. The quantitative estimate of drug-likeness (QED) is 0.474. The lowest BCUT2D eigenvalue weighted by atomic mass is 10.1. The Bertz CT molecular complexity index is 961. The first kappa shape index (κ1) is 20.1. The zero-order valence-corrected chi connectivity index (χ0v) is 16.5. The van der Waals surface area contributed by atoms with Crippen molar-refractivity contribution in [3.8, 4) is 5.75 Å². The van der Waals surface area contributed by atoms with Crippen molar-refractivity contribution in [2.45, 2.75) is 12.8 Å². The minimum absolute atomic E-state index is 0.105. The van der Waals surface area contributed by atoms with Crippen LogP contribution in [0.4, 0.5) is 11.4 Å². The third-order valence-electron chi connectivity index (χ3n) is 4.17. The van der Waals surface area contributed by atoms with Gasteiger partial charge in [-0.2, -0.15) is 0 Å². The summed E-state index contributed by atoms with van der Waals surface area (Å²) in [5.74, 6) is -0.398. The monoisotopic (exact) mass is 415 g/mol. The van der Waals surface area contributed by atoms with E-state index in [0.29, 0.717) is 39.3 Å². The molecule has 144 valence electrons. The van der Waals surface area contributed by atoms with Crippen LogP contribution < -0.4 is 10.1 Å². The summed E-state index contributed by atoms with van der Waals surface area (Å²) in [6.07, 6.45) is 0.648. The van der Waals surface area contributed by atoms with E-state index in [-0.39, 0.29) is 6.42 Å². The van der Waals surface area contributed by atoms with Crippen molar-refractivity contribution in [2.24, 2.45) is 0 Å². The van der Waals surface area contributed by atoms with E-state index in [1.807, 2.05) is 36.4 Å². The molecular formula is C22H19Cl2NO3. The smallest absolute Gasteiger partial charge is 0.307 e. The fraction of sp³-hybridized carbons (Fsp3) is 0.136. The van der Waals surface area contributed by atoms with Crippen molar-refractivity contribution >= 4 is 40.5 Å². The molecule has 0 bridgehead atoms. The van der Waals surface area contributed by atoms with Crippen LogP contribution in [0.5, 0.6) is 5.75 Å². The molecule has 0 radical (unpaired) electrons. The second-order valence-corrected chi connectivity index (χ2v) is 6.96. The van der Waals surface area contributed by atoms with Crippen LogP contribution in [0.15, 0.2) is 66.7 Å². The van der Waals surface area contributed by atoms with Crippen molar-refractivity contribution in [1.29, 1.82) is 0 Å². The van der Waals surface area contributed by atoms with Gasteiger partial charge >= 0.3 is 5.97 Å². The highest BCUT2D eigenvalue weighted by atomic mass is 35.5.